The minimum absolute atomic E-state index is 0.0252. The summed E-state index contributed by atoms with van der Waals surface area (Å²) >= 11 is 0. The molecule has 0 aromatic carbocycles. The smallest absolute Gasteiger partial charge is 0.247 e. The highest BCUT2D eigenvalue weighted by molar-refractivity contribution is 5.82. The summed E-state index contributed by atoms with van der Waals surface area (Å²) in [6.07, 6.45) is 1.87. The summed E-state index contributed by atoms with van der Waals surface area (Å²) in [6.45, 7) is 6.13. The summed E-state index contributed by atoms with van der Waals surface area (Å²) in [5.41, 5.74) is 1.09. The number of carbonyl (C=O) groups excluding carboxylic acids is 1. The maximum Gasteiger partial charge on any atom is 0.247 e. The number of fused-ring (bicyclic) bond motifs is 1. The normalized spacial score (nSPS) is 18.0. The quantitative estimate of drug-likeness (QED) is 0.813. The molecule has 2 aromatic rings. The molecule has 1 amide bonds. The van der Waals surface area contributed by atoms with Gasteiger partial charge in [0.15, 0.2) is 11.9 Å². The lowest BCUT2D eigenvalue weighted by Crippen LogP contribution is -2.46. The van der Waals surface area contributed by atoms with Gasteiger partial charge in [-0.1, -0.05) is 0 Å². The molecule has 1 unspecified atom stereocenters. The molecule has 8 nitrogen and oxygen atoms in total. The van der Waals surface area contributed by atoms with Gasteiger partial charge in [-0.05, 0) is 13.8 Å². The molecule has 3 heterocycles. The Morgan fingerprint density at radius 1 is 1.26 bits per heavy atom. The van der Waals surface area contributed by atoms with Crippen LogP contribution in [-0.4, -0.2) is 60.7 Å². The molecule has 23 heavy (non-hydrogen) atoms. The molecule has 2 aromatic heterocycles. The van der Waals surface area contributed by atoms with Gasteiger partial charge >= 0.3 is 0 Å². The monoisotopic (exact) mass is 317 g/mol. The van der Waals surface area contributed by atoms with E-state index in [9.17, 15) is 4.79 Å². The number of aryl methyl sites for hydroxylation is 2. The first-order valence-corrected chi connectivity index (χ1v) is 7.72. The largest absolute Gasteiger partial charge is 0.347 e. The van der Waals surface area contributed by atoms with Crippen LogP contribution in [0.3, 0.4) is 0 Å². The summed E-state index contributed by atoms with van der Waals surface area (Å²) in [5, 5.41) is 8.41. The van der Waals surface area contributed by atoms with E-state index in [1.54, 1.807) is 19.0 Å². The molecule has 0 fully saturated rings. The van der Waals surface area contributed by atoms with E-state index in [1.165, 1.54) is 0 Å². The van der Waals surface area contributed by atoms with Gasteiger partial charge in [-0.2, -0.15) is 0 Å². The predicted octanol–water partition coefficient (Wildman–Crippen LogP) is 0.274. The van der Waals surface area contributed by atoms with Crippen molar-refractivity contribution in [2.75, 3.05) is 20.6 Å². The molecule has 1 aliphatic heterocycles. The van der Waals surface area contributed by atoms with Gasteiger partial charge in [0.1, 0.15) is 11.6 Å². The first-order valence-electron chi connectivity index (χ1n) is 7.72. The van der Waals surface area contributed by atoms with E-state index in [1.807, 2.05) is 31.7 Å². The Morgan fingerprint density at radius 2 is 2.00 bits per heavy atom. The average molecular weight is 317 g/mol. The predicted molar refractivity (Wildman–Crippen MR) is 84.5 cm³/mol. The van der Waals surface area contributed by atoms with Crippen LogP contribution in [0.1, 0.15) is 29.2 Å². The van der Waals surface area contributed by atoms with Gasteiger partial charge in [0.05, 0.1) is 5.69 Å². The number of carbonyl (C=O) groups is 1. The molecule has 0 radical (unpaired) electrons. The van der Waals surface area contributed by atoms with Gasteiger partial charge in [-0.3, -0.25) is 9.69 Å². The number of aromatic nitrogens is 5. The highest BCUT2D eigenvalue weighted by Gasteiger charge is 2.37. The third-order valence-corrected chi connectivity index (χ3v) is 4.54. The number of amides is 1. The van der Waals surface area contributed by atoms with Gasteiger partial charge < -0.3 is 14.0 Å². The van der Waals surface area contributed by atoms with Crippen molar-refractivity contribution in [2.24, 2.45) is 7.05 Å². The minimum Gasteiger partial charge on any atom is -0.347 e. The molecule has 1 atom stereocenters. The van der Waals surface area contributed by atoms with Crippen LogP contribution in [0.25, 0.3) is 0 Å². The standard InChI is InChI=1S/C15H23N7O/c1-10-16-8-12(20(10)5)9-21-6-7-22-11(2)17-18-14(22)13(21)15(23)19(3)4/h8,13H,6-7,9H2,1-5H3. The molecule has 124 valence electrons. The van der Waals surface area contributed by atoms with Crippen LogP contribution in [0.4, 0.5) is 0 Å². The van der Waals surface area contributed by atoms with Crippen molar-refractivity contribution in [1.82, 2.24) is 34.1 Å². The Bertz CT molecular complexity index is 730. The second-order valence-corrected chi connectivity index (χ2v) is 6.22. The first kappa shape index (κ1) is 15.7. The molecule has 0 bridgehead atoms. The second kappa shape index (κ2) is 5.77. The summed E-state index contributed by atoms with van der Waals surface area (Å²) in [5.74, 6) is 2.57. The highest BCUT2D eigenvalue weighted by Crippen LogP contribution is 2.28. The Kier molecular flexibility index (Phi) is 3.93. The Balaban J connectivity index is 1.95. The third-order valence-electron chi connectivity index (χ3n) is 4.54. The van der Waals surface area contributed by atoms with Crippen molar-refractivity contribution in [2.45, 2.75) is 33.0 Å². The molecule has 3 rings (SSSR count). The number of imidazole rings is 1. The number of hydrogen-bond acceptors (Lipinski definition) is 5. The fourth-order valence-corrected chi connectivity index (χ4v) is 2.98. The first-order chi connectivity index (χ1) is 10.9. The van der Waals surface area contributed by atoms with E-state index in [4.69, 9.17) is 0 Å². The van der Waals surface area contributed by atoms with Crippen LogP contribution >= 0.6 is 0 Å². The van der Waals surface area contributed by atoms with E-state index in [0.717, 1.165) is 36.3 Å². The van der Waals surface area contributed by atoms with Crippen molar-refractivity contribution in [1.29, 1.82) is 0 Å². The highest BCUT2D eigenvalue weighted by atomic mass is 16.2. The zero-order chi connectivity index (χ0) is 16.7. The minimum atomic E-state index is -0.407. The van der Waals surface area contributed by atoms with Gasteiger partial charge in [-0.15, -0.1) is 10.2 Å². The number of rotatable bonds is 3. The lowest BCUT2D eigenvalue weighted by atomic mass is 10.1. The molecule has 0 saturated heterocycles. The third kappa shape index (κ3) is 2.63. The van der Waals surface area contributed by atoms with Crippen LogP contribution < -0.4 is 0 Å². The Labute approximate surface area is 135 Å². The fourth-order valence-electron chi connectivity index (χ4n) is 2.98. The van der Waals surface area contributed by atoms with Crippen LogP contribution in [0.5, 0.6) is 0 Å². The van der Waals surface area contributed by atoms with Gasteiger partial charge in [-0.25, -0.2) is 4.98 Å². The van der Waals surface area contributed by atoms with E-state index >= 15 is 0 Å². The van der Waals surface area contributed by atoms with Crippen LogP contribution in [-0.2, 0) is 24.9 Å². The number of hydrogen-bond donors (Lipinski definition) is 0. The Morgan fingerprint density at radius 3 is 2.61 bits per heavy atom. The molecule has 0 spiro atoms. The maximum atomic E-state index is 12.7. The number of nitrogens with zero attached hydrogens (tertiary/aromatic N) is 7. The summed E-state index contributed by atoms with van der Waals surface area (Å²) in [6, 6.07) is -0.407. The molecular weight excluding hydrogens is 294 g/mol. The molecule has 0 N–H and O–H groups in total. The van der Waals surface area contributed by atoms with E-state index in [2.05, 4.69) is 24.6 Å². The van der Waals surface area contributed by atoms with Crippen molar-refractivity contribution in [3.63, 3.8) is 0 Å². The lowest BCUT2D eigenvalue weighted by Gasteiger charge is -2.35. The molecule has 0 saturated carbocycles. The SMILES string of the molecule is Cc1ncc(CN2CCn3c(C)nnc3C2C(=O)N(C)C)n1C. The summed E-state index contributed by atoms with van der Waals surface area (Å²) in [4.78, 5) is 20.9. The van der Waals surface area contributed by atoms with Gasteiger partial charge in [0.25, 0.3) is 0 Å². The van der Waals surface area contributed by atoms with Gasteiger partial charge in [0.2, 0.25) is 5.91 Å². The average Bonchev–Trinajstić information content (AvgIpc) is 3.04. The second-order valence-electron chi connectivity index (χ2n) is 6.22. The molecular formula is C15H23N7O. The fraction of sp³-hybridized carbons (Fsp3) is 0.600. The lowest BCUT2D eigenvalue weighted by molar-refractivity contribution is -0.136. The summed E-state index contributed by atoms with van der Waals surface area (Å²) in [7, 11) is 5.55. The molecule has 1 aliphatic rings. The topological polar surface area (TPSA) is 72.1 Å². The van der Waals surface area contributed by atoms with Gasteiger partial charge in [0, 0.05) is 47.0 Å². The zero-order valence-electron chi connectivity index (χ0n) is 14.3. The maximum absolute atomic E-state index is 12.7. The van der Waals surface area contributed by atoms with Crippen LogP contribution in [0, 0.1) is 13.8 Å². The van der Waals surface area contributed by atoms with Crippen LogP contribution in [0.2, 0.25) is 0 Å². The van der Waals surface area contributed by atoms with E-state index in [-0.39, 0.29) is 5.91 Å². The van der Waals surface area contributed by atoms with E-state index < -0.39 is 6.04 Å². The molecule has 0 aliphatic carbocycles. The van der Waals surface area contributed by atoms with Crippen LogP contribution in [0.15, 0.2) is 6.20 Å². The van der Waals surface area contributed by atoms with Crippen molar-refractivity contribution in [3.05, 3.63) is 29.4 Å². The number of likely N-dealkylation sites (N-methyl/N-ethyl adjacent to an activating group) is 1. The van der Waals surface area contributed by atoms with Crippen molar-refractivity contribution < 1.29 is 4.79 Å². The zero-order valence-corrected chi connectivity index (χ0v) is 14.3. The van der Waals surface area contributed by atoms with E-state index in [0.29, 0.717) is 6.54 Å². The summed E-state index contributed by atoms with van der Waals surface area (Å²) < 4.78 is 4.10. The van der Waals surface area contributed by atoms with Crippen molar-refractivity contribution >= 4 is 5.91 Å². The molecule has 8 heteroatoms. The van der Waals surface area contributed by atoms with Crippen molar-refractivity contribution in [3.8, 4) is 0 Å². The Hall–Kier alpha value is -2.22.